The zero-order valence-electron chi connectivity index (χ0n) is 14.8. The summed E-state index contributed by atoms with van der Waals surface area (Å²) in [6.07, 6.45) is 0.814. The fourth-order valence-corrected chi connectivity index (χ4v) is 2.64. The van der Waals surface area contributed by atoms with Crippen LogP contribution in [0.3, 0.4) is 0 Å². The van der Waals surface area contributed by atoms with Crippen molar-refractivity contribution in [2.24, 2.45) is 0 Å². The van der Waals surface area contributed by atoms with Crippen molar-refractivity contribution in [3.05, 3.63) is 59.4 Å². The number of rotatable bonds is 7. The first-order valence-electron chi connectivity index (χ1n) is 8.81. The normalized spacial score (nSPS) is 12.3. The molecular weight excluding hydrogens is 351 g/mol. The Bertz CT molecular complexity index is 808. The monoisotopic (exact) mass is 372 g/mol. The van der Waals surface area contributed by atoms with Gasteiger partial charge in [0.05, 0.1) is 0 Å². The second-order valence-corrected chi connectivity index (χ2v) is 6.12. The van der Waals surface area contributed by atoms with Gasteiger partial charge in [-0.3, -0.25) is 9.59 Å². The first kappa shape index (κ1) is 18.7. The fourth-order valence-electron chi connectivity index (χ4n) is 2.64. The number of halogens is 1. The van der Waals surface area contributed by atoms with Crippen molar-refractivity contribution in [1.29, 1.82) is 0 Å². The SMILES string of the molecule is O=C(CCCNC(=O)c1ccc(F)cc1)NCc1ccc2c(c1)OCCO2. The van der Waals surface area contributed by atoms with E-state index in [9.17, 15) is 14.0 Å². The Morgan fingerprint density at radius 1 is 0.963 bits per heavy atom. The van der Waals surface area contributed by atoms with Gasteiger partial charge < -0.3 is 20.1 Å². The number of fused-ring (bicyclic) bond motifs is 1. The molecular formula is C20H21FN2O4. The molecule has 0 spiro atoms. The summed E-state index contributed by atoms with van der Waals surface area (Å²) in [6, 6.07) is 10.9. The van der Waals surface area contributed by atoms with Gasteiger partial charge in [0.2, 0.25) is 5.91 Å². The highest BCUT2D eigenvalue weighted by Gasteiger charge is 2.12. The summed E-state index contributed by atoms with van der Waals surface area (Å²) in [5.74, 6) is 0.638. The third-order valence-corrected chi connectivity index (χ3v) is 4.07. The number of benzene rings is 2. The molecule has 0 atom stereocenters. The standard InChI is InChI=1S/C20H21FN2O4/c21-16-6-4-15(5-7-16)20(25)22-9-1-2-19(24)23-13-14-3-8-17-18(12-14)27-11-10-26-17/h3-8,12H,1-2,9-11,13H2,(H,22,25)(H,23,24). The zero-order valence-corrected chi connectivity index (χ0v) is 14.8. The Balaban J connectivity index is 1.35. The molecule has 7 heteroatoms. The number of hydrogen-bond acceptors (Lipinski definition) is 4. The van der Waals surface area contributed by atoms with E-state index in [0.717, 1.165) is 5.56 Å². The van der Waals surface area contributed by atoms with E-state index in [-0.39, 0.29) is 17.6 Å². The summed E-state index contributed by atoms with van der Waals surface area (Å²) < 4.78 is 23.8. The summed E-state index contributed by atoms with van der Waals surface area (Å²) in [5, 5.41) is 5.55. The van der Waals surface area contributed by atoms with Crippen molar-refractivity contribution in [3.63, 3.8) is 0 Å². The first-order chi connectivity index (χ1) is 13.1. The minimum Gasteiger partial charge on any atom is -0.486 e. The molecule has 0 bridgehead atoms. The van der Waals surface area contributed by atoms with Crippen LogP contribution in [0.2, 0.25) is 0 Å². The minimum absolute atomic E-state index is 0.0964. The molecule has 0 unspecified atom stereocenters. The van der Waals surface area contributed by atoms with Gasteiger partial charge in [-0.2, -0.15) is 0 Å². The van der Waals surface area contributed by atoms with Crippen molar-refractivity contribution in [1.82, 2.24) is 10.6 Å². The summed E-state index contributed by atoms with van der Waals surface area (Å²) in [5.41, 5.74) is 1.32. The number of amides is 2. The van der Waals surface area contributed by atoms with Gasteiger partial charge in [0.25, 0.3) is 5.91 Å². The lowest BCUT2D eigenvalue weighted by atomic mass is 10.2. The van der Waals surface area contributed by atoms with Crippen LogP contribution in [0.4, 0.5) is 4.39 Å². The second-order valence-electron chi connectivity index (χ2n) is 6.12. The molecule has 1 aliphatic rings. The van der Waals surface area contributed by atoms with Crippen LogP contribution < -0.4 is 20.1 Å². The zero-order chi connectivity index (χ0) is 19.1. The van der Waals surface area contributed by atoms with Gasteiger partial charge in [-0.05, 0) is 48.4 Å². The molecule has 2 amide bonds. The Labute approximate surface area is 156 Å². The van der Waals surface area contributed by atoms with E-state index in [1.807, 2.05) is 18.2 Å². The largest absolute Gasteiger partial charge is 0.486 e. The molecule has 2 aromatic carbocycles. The van der Waals surface area contributed by atoms with E-state index < -0.39 is 0 Å². The number of hydrogen-bond donors (Lipinski definition) is 2. The van der Waals surface area contributed by atoms with Crippen LogP contribution in [0.15, 0.2) is 42.5 Å². The minimum atomic E-state index is -0.388. The quantitative estimate of drug-likeness (QED) is 0.732. The predicted octanol–water partition coefficient (Wildman–Crippen LogP) is 2.42. The van der Waals surface area contributed by atoms with Crippen LogP contribution in [0.1, 0.15) is 28.8 Å². The molecule has 0 saturated carbocycles. The van der Waals surface area contributed by atoms with Crippen molar-refractivity contribution >= 4 is 11.8 Å². The number of carbonyl (C=O) groups is 2. The summed E-state index contributed by atoms with van der Waals surface area (Å²) >= 11 is 0. The molecule has 27 heavy (non-hydrogen) atoms. The van der Waals surface area contributed by atoms with Gasteiger partial charge >= 0.3 is 0 Å². The molecule has 0 fully saturated rings. The summed E-state index contributed by atoms with van der Waals surface area (Å²) in [7, 11) is 0. The van der Waals surface area contributed by atoms with Crippen LogP contribution >= 0.6 is 0 Å². The van der Waals surface area contributed by atoms with Crippen LogP contribution in [0, 0.1) is 5.82 Å². The van der Waals surface area contributed by atoms with Crippen LogP contribution in [-0.4, -0.2) is 31.6 Å². The molecule has 0 aromatic heterocycles. The molecule has 3 rings (SSSR count). The van der Waals surface area contributed by atoms with Gasteiger partial charge in [-0.1, -0.05) is 6.07 Å². The Hall–Kier alpha value is -3.09. The lowest BCUT2D eigenvalue weighted by Gasteiger charge is -2.19. The predicted molar refractivity (Wildman–Crippen MR) is 97.2 cm³/mol. The smallest absolute Gasteiger partial charge is 0.251 e. The fraction of sp³-hybridized carbons (Fsp3) is 0.300. The number of ether oxygens (including phenoxy) is 2. The van der Waals surface area contributed by atoms with E-state index in [0.29, 0.717) is 56.2 Å². The van der Waals surface area contributed by atoms with Crippen LogP contribution in [0.5, 0.6) is 11.5 Å². The third-order valence-electron chi connectivity index (χ3n) is 4.07. The molecule has 2 aromatic rings. The van der Waals surface area contributed by atoms with Crippen LogP contribution in [-0.2, 0) is 11.3 Å². The molecule has 6 nitrogen and oxygen atoms in total. The maximum absolute atomic E-state index is 12.8. The number of carbonyl (C=O) groups excluding carboxylic acids is 2. The van der Waals surface area contributed by atoms with Gasteiger partial charge in [0.1, 0.15) is 19.0 Å². The Morgan fingerprint density at radius 2 is 1.70 bits per heavy atom. The van der Waals surface area contributed by atoms with E-state index >= 15 is 0 Å². The lowest BCUT2D eigenvalue weighted by Crippen LogP contribution is -2.27. The van der Waals surface area contributed by atoms with Crippen molar-refractivity contribution in [2.45, 2.75) is 19.4 Å². The summed E-state index contributed by atoms with van der Waals surface area (Å²) in [6.45, 7) is 1.83. The topological polar surface area (TPSA) is 76.7 Å². The molecule has 0 saturated heterocycles. The van der Waals surface area contributed by atoms with Crippen molar-refractivity contribution in [3.8, 4) is 11.5 Å². The first-order valence-corrected chi connectivity index (χ1v) is 8.81. The highest BCUT2D eigenvalue weighted by molar-refractivity contribution is 5.94. The molecule has 0 radical (unpaired) electrons. The van der Waals surface area contributed by atoms with Gasteiger partial charge in [-0.15, -0.1) is 0 Å². The lowest BCUT2D eigenvalue weighted by molar-refractivity contribution is -0.121. The van der Waals surface area contributed by atoms with E-state index in [2.05, 4.69) is 10.6 Å². The van der Waals surface area contributed by atoms with Crippen molar-refractivity contribution < 1.29 is 23.5 Å². The second kappa shape index (κ2) is 9.02. The molecule has 1 aliphatic heterocycles. The van der Waals surface area contributed by atoms with Crippen LogP contribution in [0.25, 0.3) is 0 Å². The highest BCUT2D eigenvalue weighted by atomic mass is 19.1. The van der Waals surface area contributed by atoms with Crippen molar-refractivity contribution in [2.75, 3.05) is 19.8 Å². The Morgan fingerprint density at radius 3 is 2.48 bits per heavy atom. The molecule has 1 heterocycles. The number of nitrogens with one attached hydrogen (secondary N) is 2. The molecule has 0 aliphatic carbocycles. The Kier molecular flexibility index (Phi) is 6.25. The third kappa shape index (κ3) is 5.44. The maximum Gasteiger partial charge on any atom is 0.251 e. The van der Waals surface area contributed by atoms with E-state index in [1.165, 1.54) is 24.3 Å². The van der Waals surface area contributed by atoms with Gasteiger partial charge in [0.15, 0.2) is 11.5 Å². The molecule has 2 N–H and O–H groups in total. The van der Waals surface area contributed by atoms with Gasteiger partial charge in [0, 0.05) is 25.1 Å². The highest BCUT2D eigenvalue weighted by Crippen LogP contribution is 2.30. The average molecular weight is 372 g/mol. The van der Waals surface area contributed by atoms with Gasteiger partial charge in [-0.25, -0.2) is 4.39 Å². The summed E-state index contributed by atoms with van der Waals surface area (Å²) in [4.78, 5) is 23.8. The van der Waals surface area contributed by atoms with E-state index in [4.69, 9.17) is 9.47 Å². The van der Waals surface area contributed by atoms with E-state index in [1.54, 1.807) is 0 Å². The maximum atomic E-state index is 12.8. The molecule has 142 valence electrons. The average Bonchev–Trinajstić information content (AvgIpc) is 2.70.